The highest BCUT2D eigenvalue weighted by molar-refractivity contribution is 8.00. The summed E-state index contributed by atoms with van der Waals surface area (Å²) in [6.45, 7) is 2.58. The number of carbonyl (C=O) groups excluding carboxylic acids is 1. The number of ether oxygens (including phenoxy) is 2. The van der Waals surface area contributed by atoms with E-state index in [2.05, 4.69) is 4.98 Å². The first kappa shape index (κ1) is 17.2. The summed E-state index contributed by atoms with van der Waals surface area (Å²) in [4.78, 5) is 19.0. The van der Waals surface area contributed by atoms with Crippen molar-refractivity contribution in [2.24, 2.45) is 0 Å². The summed E-state index contributed by atoms with van der Waals surface area (Å²) in [5, 5.41) is 0.657. The van der Waals surface area contributed by atoms with Crippen molar-refractivity contribution in [2.75, 3.05) is 24.4 Å². The fourth-order valence-electron chi connectivity index (χ4n) is 2.90. The highest BCUT2D eigenvalue weighted by atomic mass is 32.2. The van der Waals surface area contributed by atoms with Crippen LogP contribution >= 0.6 is 23.1 Å². The molecule has 2 heterocycles. The molecule has 0 radical (unpaired) electrons. The number of aromatic nitrogens is 1. The fraction of sp³-hybridized carbons (Fsp3) is 0.263. The molecule has 2 aromatic carbocycles. The second-order valence-electron chi connectivity index (χ2n) is 5.76. The average molecular weight is 386 g/mol. The van der Waals surface area contributed by atoms with Gasteiger partial charge in [-0.1, -0.05) is 23.5 Å². The number of anilines is 1. The van der Waals surface area contributed by atoms with Crippen molar-refractivity contribution in [2.45, 2.75) is 12.3 Å². The van der Waals surface area contributed by atoms with Crippen LogP contribution in [-0.4, -0.2) is 30.4 Å². The van der Waals surface area contributed by atoms with E-state index in [4.69, 9.17) is 9.47 Å². The van der Waals surface area contributed by atoms with Gasteiger partial charge >= 0.3 is 0 Å². The molecule has 3 aromatic rings. The lowest BCUT2D eigenvalue weighted by Gasteiger charge is -2.21. The van der Waals surface area contributed by atoms with Crippen LogP contribution in [0, 0.1) is 0 Å². The summed E-state index contributed by atoms with van der Waals surface area (Å²) in [6, 6.07) is 13.7. The van der Waals surface area contributed by atoms with E-state index < -0.39 is 0 Å². The monoisotopic (exact) mass is 386 g/mol. The summed E-state index contributed by atoms with van der Waals surface area (Å²) in [7, 11) is 1.65. The zero-order chi connectivity index (χ0) is 18.1. The molecule has 1 amide bonds. The Labute approximate surface area is 159 Å². The van der Waals surface area contributed by atoms with Crippen LogP contribution in [0.2, 0.25) is 0 Å². The number of hydrogen-bond acceptors (Lipinski definition) is 6. The van der Waals surface area contributed by atoms with Crippen LogP contribution in [0.4, 0.5) is 5.13 Å². The van der Waals surface area contributed by atoms with Crippen LogP contribution in [-0.2, 0) is 4.79 Å². The van der Waals surface area contributed by atoms with Crippen LogP contribution < -0.4 is 14.4 Å². The van der Waals surface area contributed by atoms with Crippen molar-refractivity contribution in [3.8, 4) is 11.5 Å². The van der Waals surface area contributed by atoms with Crippen molar-refractivity contribution >= 4 is 44.4 Å². The van der Waals surface area contributed by atoms with Gasteiger partial charge in [0.2, 0.25) is 5.91 Å². The van der Waals surface area contributed by atoms with Crippen LogP contribution in [0.25, 0.3) is 10.2 Å². The van der Waals surface area contributed by atoms with Gasteiger partial charge < -0.3 is 9.47 Å². The van der Waals surface area contributed by atoms with Crippen molar-refractivity contribution in [3.63, 3.8) is 0 Å². The number of nitrogens with zero attached hydrogens (tertiary/aromatic N) is 2. The Morgan fingerprint density at radius 2 is 1.96 bits per heavy atom. The second-order valence-corrected chi connectivity index (χ2v) is 7.84. The van der Waals surface area contributed by atoms with E-state index in [1.54, 1.807) is 23.8 Å². The molecule has 0 N–H and O–H groups in total. The van der Waals surface area contributed by atoms with Gasteiger partial charge in [-0.15, -0.1) is 11.8 Å². The first-order valence-electron chi connectivity index (χ1n) is 8.30. The topological polar surface area (TPSA) is 51.7 Å². The molecule has 1 aromatic heterocycles. The lowest BCUT2D eigenvalue weighted by molar-refractivity contribution is -0.115. The zero-order valence-corrected chi connectivity index (χ0v) is 16.1. The number of fused-ring (bicyclic) bond motifs is 1. The number of thioether (sulfide) groups is 1. The van der Waals surface area contributed by atoms with Crippen LogP contribution in [0.1, 0.15) is 17.9 Å². The molecule has 1 atom stereocenters. The van der Waals surface area contributed by atoms with Gasteiger partial charge in [0.05, 0.1) is 29.7 Å². The van der Waals surface area contributed by atoms with Gasteiger partial charge in [-0.3, -0.25) is 9.69 Å². The van der Waals surface area contributed by atoms with Gasteiger partial charge in [0.25, 0.3) is 0 Å². The summed E-state index contributed by atoms with van der Waals surface area (Å²) in [5.41, 5.74) is 1.95. The van der Waals surface area contributed by atoms with Crippen LogP contribution in [0.15, 0.2) is 42.5 Å². The third-order valence-electron chi connectivity index (χ3n) is 4.13. The number of amides is 1. The molecule has 7 heteroatoms. The van der Waals surface area contributed by atoms with E-state index in [-0.39, 0.29) is 11.3 Å². The molecule has 4 rings (SSSR count). The van der Waals surface area contributed by atoms with Crippen molar-refractivity contribution in [1.82, 2.24) is 4.98 Å². The van der Waals surface area contributed by atoms with Crippen molar-refractivity contribution < 1.29 is 14.3 Å². The first-order chi connectivity index (χ1) is 12.7. The summed E-state index contributed by atoms with van der Waals surface area (Å²) in [6.07, 6.45) is 0. The lowest BCUT2D eigenvalue weighted by Crippen LogP contribution is -2.27. The average Bonchev–Trinajstić information content (AvgIpc) is 3.24. The normalized spacial score (nSPS) is 17.1. The molecule has 0 spiro atoms. The fourth-order valence-corrected chi connectivity index (χ4v) is 5.16. The van der Waals surface area contributed by atoms with E-state index in [9.17, 15) is 4.79 Å². The van der Waals surface area contributed by atoms with E-state index in [1.165, 1.54) is 11.3 Å². The predicted molar refractivity (Wildman–Crippen MR) is 106 cm³/mol. The highest BCUT2D eigenvalue weighted by Gasteiger charge is 2.36. The largest absolute Gasteiger partial charge is 0.497 e. The molecule has 134 valence electrons. The SMILES string of the molecule is CCOc1ccc2nc(N3C(=O)CSC3c3ccc(OC)cc3)sc2c1. The smallest absolute Gasteiger partial charge is 0.240 e. The molecule has 1 saturated heterocycles. The summed E-state index contributed by atoms with van der Waals surface area (Å²) in [5.74, 6) is 2.17. The molecule has 1 fully saturated rings. The summed E-state index contributed by atoms with van der Waals surface area (Å²) >= 11 is 3.14. The highest BCUT2D eigenvalue weighted by Crippen LogP contribution is 2.44. The Hall–Kier alpha value is -2.25. The van der Waals surface area contributed by atoms with Gasteiger partial charge in [0, 0.05) is 0 Å². The maximum atomic E-state index is 12.6. The minimum Gasteiger partial charge on any atom is -0.497 e. The van der Waals surface area contributed by atoms with Gasteiger partial charge in [-0.2, -0.15) is 0 Å². The third-order valence-corrected chi connectivity index (χ3v) is 6.36. The zero-order valence-electron chi connectivity index (χ0n) is 14.5. The van der Waals surface area contributed by atoms with E-state index >= 15 is 0 Å². The van der Waals surface area contributed by atoms with E-state index in [1.807, 2.05) is 49.4 Å². The van der Waals surface area contributed by atoms with Gasteiger partial charge in [0.15, 0.2) is 5.13 Å². The molecule has 0 saturated carbocycles. The number of carbonyl (C=O) groups is 1. The number of methoxy groups -OCH3 is 1. The number of thiazole rings is 1. The van der Waals surface area contributed by atoms with Crippen LogP contribution in [0.5, 0.6) is 11.5 Å². The quantitative estimate of drug-likeness (QED) is 0.647. The number of benzene rings is 2. The minimum atomic E-state index is -0.0691. The van der Waals surface area contributed by atoms with Gasteiger partial charge in [-0.05, 0) is 42.8 Å². The van der Waals surface area contributed by atoms with E-state index in [0.717, 1.165) is 32.4 Å². The lowest BCUT2D eigenvalue weighted by atomic mass is 10.2. The molecule has 26 heavy (non-hydrogen) atoms. The molecule has 5 nitrogen and oxygen atoms in total. The Morgan fingerprint density at radius 1 is 1.19 bits per heavy atom. The van der Waals surface area contributed by atoms with Gasteiger partial charge in [0.1, 0.15) is 16.9 Å². The molecule has 0 bridgehead atoms. The van der Waals surface area contributed by atoms with Crippen molar-refractivity contribution in [3.05, 3.63) is 48.0 Å². The Balaban J connectivity index is 1.69. The molecular formula is C19H18N2O3S2. The Kier molecular flexibility index (Phi) is 4.74. The van der Waals surface area contributed by atoms with E-state index in [0.29, 0.717) is 12.4 Å². The van der Waals surface area contributed by atoms with Crippen LogP contribution in [0.3, 0.4) is 0 Å². The standard InChI is InChI=1S/C19H18N2O3S2/c1-3-24-14-8-9-15-16(10-14)26-19(20-15)21-17(22)11-25-18(21)12-4-6-13(23-2)7-5-12/h4-10,18H,3,11H2,1-2H3. The molecule has 0 aliphatic carbocycles. The predicted octanol–water partition coefficient (Wildman–Crippen LogP) is 4.48. The maximum absolute atomic E-state index is 12.6. The molecular weight excluding hydrogens is 368 g/mol. The maximum Gasteiger partial charge on any atom is 0.240 e. The minimum absolute atomic E-state index is 0.0691. The summed E-state index contributed by atoms with van der Waals surface area (Å²) < 4.78 is 11.8. The number of hydrogen-bond donors (Lipinski definition) is 0. The third kappa shape index (κ3) is 3.12. The molecule has 1 unspecified atom stereocenters. The molecule has 1 aliphatic heterocycles. The molecule has 1 aliphatic rings. The van der Waals surface area contributed by atoms with Crippen molar-refractivity contribution in [1.29, 1.82) is 0 Å². The van der Waals surface area contributed by atoms with Gasteiger partial charge in [-0.25, -0.2) is 4.98 Å². The Morgan fingerprint density at radius 3 is 2.69 bits per heavy atom. The second kappa shape index (κ2) is 7.17. The first-order valence-corrected chi connectivity index (χ1v) is 10.2. The Bertz CT molecular complexity index is 940. The number of rotatable bonds is 5.